The highest BCUT2D eigenvalue weighted by atomic mass is 32.2. The van der Waals surface area contributed by atoms with Crippen molar-refractivity contribution in [2.75, 3.05) is 10.7 Å². The zero-order valence-electron chi connectivity index (χ0n) is 26.6. The minimum absolute atomic E-state index is 0.0465. The number of nitrogens with one attached hydrogen (secondary N) is 1. The SMILES string of the molecule is CC(C)c1cc(F)ccc1N1C(=NC(=O)NC(C)C(C)c2ccc(-c3ncn(-c4ccc(OC(F)(F)F)cc4)n3)cc2)SCCC1C. The van der Waals surface area contributed by atoms with E-state index < -0.39 is 12.4 Å². The summed E-state index contributed by atoms with van der Waals surface area (Å²) in [6.07, 6.45) is -2.37. The number of aromatic nitrogens is 3. The molecule has 1 fully saturated rings. The molecule has 3 unspecified atom stereocenters. The molecular weight excluding hydrogens is 632 g/mol. The number of ether oxygens (including phenoxy) is 1. The molecular formula is C34H36F4N6O2S. The molecule has 47 heavy (non-hydrogen) atoms. The molecule has 0 radical (unpaired) electrons. The van der Waals surface area contributed by atoms with E-state index in [1.165, 1.54) is 53.1 Å². The van der Waals surface area contributed by atoms with E-state index >= 15 is 0 Å². The van der Waals surface area contributed by atoms with E-state index in [0.717, 1.165) is 34.6 Å². The van der Waals surface area contributed by atoms with Crippen LogP contribution in [0.4, 0.5) is 28.0 Å². The summed E-state index contributed by atoms with van der Waals surface area (Å²) >= 11 is 1.52. The minimum atomic E-state index is -4.76. The van der Waals surface area contributed by atoms with E-state index in [2.05, 4.69) is 32.1 Å². The number of urea groups is 1. The molecule has 1 aliphatic rings. The average Bonchev–Trinajstić information content (AvgIpc) is 3.51. The number of halogens is 4. The van der Waals surface area contributed by atoms with Gasteiger partial charge in [0.05, 0.1) is 5.69 Å². The Labute approximate surface area is 275 Å². The number of thioether (sulfide) groups is 1. The van der Waals surface area contributed by atoms with Gasteiger partial charge in [0.15, 0.2) is 11.0 Å². The highest BCUT2D eigenvalue weighted by Gasteiger charge is 2.31. The topological polar surface area (TPSA) is 84.6 Å². The van der Waals surface area contributed by atoms with Gasteiger partial charge in [0, 0.05) is 35.0 Å². The van der Waals surface area contributed by atoms with Crippen LogP contribution >= 0.6 is 11.8 Å². The molecule has 248 valence electrons. The average molecular weight is 669 g/mol. The minimum Gasteiger partial charge on any atom is -0.406 e. The number of alkyl halides is 3. The summed E-state index contributed by atoms with van der Waals surface area (Å²) in [5.74, 6) is 0.712. The lowest BCUT2D eigenvalue weighted by Gasteiger charge is -2.37. The number of amides is 2. The second-order valence-electron chi connectivity index (χ2n) is 11.8. The molecule has 2 heterocycles. The molecule has 3 aromatic carbocycles. The van der Waals surface area contributed by atoms with Gasteiger partial charge in [-0.3, -0.25) is 0 Å². The van der Waals surface area contributed by atoms with Gasteiger partial charge in [-0.05, 0) is 79.8 Å². The van der Waals surface area contributed by atoms with Crippen LogP contribution in [0.3, 0.4) is 0 Å². The van der Waals surface area contributed by atoms with Crippen molar-refractivity contribution < 1.29 is 27.1 Å². The Morgan fingerprint density at radius 1 is 1.04 bits per heavy atom. The maximum atomic E-state index is 14.1. The smallest absolute Gasteiger partial charge is 0.406 e. The summed E-state index contributed by atoms with van der Waals surface area (Å²) in [7, 11) is 0. The van der Waals surface area contributed by atoms with Crippen LogP contribution in [0.25, 0.3) is 17.1 Å². The van der Waals surface area contributed by atoms with Crippen molar-refractivity contribution in [3.05, 3.63) is 90.0 Å². The fourth-order valence-electron chi connectivity index (χ4n) is 5.33. The summed E-state index contributed by atoms with van der Waals surface area (Å²) in [6.45, 7) is 10.1. The van der Waals surface area contributed by atoms with E-state index in [9.17, 15) is 22.4 Å². The molecule has 0 saturated carbocycles. The fourth-order valence-corrected chi connectivity index (χ4v) is 6.53. The van der Waals surface area contributed by atoms with Crippen molar-refractivity contribution >= 4 is 28.6 Å². The van der Waals surface area contributed by atoms with Crippen molar-refractivity contribution in [1.29, 1.82) is 0 Å². The normalized spacial score (nSPS) is 17.5. The highest BCUT2D eigenvalue weighted by molar-refractivity contribution is 8.14. The summed E-state index contributed by atoms with van der Waals surface area (Å²) in [5.41, 5.74) is 4.00. The Morgan fingerprint density at radius 2 is 1.74 bits per heavy atom. The Balaban J connectivity index is 1.24. The van der Waals surface area contributed by atoms with E-state index in [1.54, 1.807) is 12.1 Å². The number of amidine groups is 1. The summed E-state index contributed by atoms with van der Waals surface area (Å²) < 4.78 is 56.9. The number of nitrogens with zero attached hydrogens (tertiary/aromatic N) is 5. The van der Waals surface area contributed by atoms with E-state index in [4.69, 9.17) is 0 Å². The third kappa shape index (κ3) is 8.31. The van der Waals surface area contributed by atoms with Crippen molar-refractivity contribution in [3.63, 3.8) is 0 Å². The predicted molar refractivity (Wildman–Crippen MR) is 177 cm³/mol. The van der Waals surface area contributed by atoms with Crippen LogP contribution in [-0.4, -0.2) is 50.2 Å². The fraction of sp³-hybridized carbons (Fsp3) is 0.353. The number of hydrogen-bond acceptors (Lipinski definition) is 5. The third-order valence-corrected chi connectivity index (χ3v) is 9.09. The number of aliphatic imine (C=N–C) groups is 1. The molecule has 0 spiro atoms. The first-order valence-corrected chi connectivity index (χ1v) is 16.3. The van der Waals surface area contributed by atoms with Gasteiger partial charge in [-0.1, -0.05) is 56.8 Å². The molecule has 0 bridgehead atoms. The third-order valence-electron chi connectivity index (χ3n) is 8.10. The standard InChI is InChI=1S/C34H36F4N6O2S/c1-20(2)29-18-26(35)10-15-30(29)44-21(3)16-17-47-33(44)41-32(45)40-23(5)22(4)24-6-8-25(9-7-24)31-39-19-43(42-31)27-11-13-28(14-12-27)46-34(36,37)38/h6-15,18-23H,16-17H2,1-5H3,(H,40,45). The van der Waals surface area contributed by atoms with Crippen LogP contribution in [0, 0.1) is 5.82 Å². The second-order valence-corrected chi connectivity index (χ2v) is 12.9. The van der Waals surface area contributed by atoms with Crippen molar-refractivity contribution in [1.82, 2.24) is 20.1 Å². The molecule has 5 rings (SSSR count). The maximum absolute atomic E-state index is 14.1. The zero-order valence-corrected chi connectivity index (χ0v) is 27.4. The van der Waals surface area contributed by atoms with Gasteiger partial charge in [0.2, 0.25) is 0 Å². The molecule has 1 saturated heterocycles. The number of carbonyl (C=O) groups is 1. The van der Waals surface area contributed by atoms with Gasteiger partial charge in [-0.2, -0.15) is 4.99 Å². The van der Waals surface area contributed by atoms with Crippen molar-refractivity contribution in [2.45, 2.75) is 71.3 Å². The number of hydrogen-bond donors (Lipinski definition) is 1. The lowest BCUT2D eigenvalue weighted by atomic mass is 9.93. The Morgan fingerprint density at radius 3 is 2.40 bits per heavy atom. The molecule has 1 aliphatic heterocycles. The first-order valence-electron chi connectivity index (χ1n) is 15.3. The maximum Gasteiger partial charge on any atom is 0.573 e. The predicted octanol–water partition coefficient (Wildman–Crippen LogP) is 8.69. The largest absolute Gasteiger partial charge is 0.573 e. The molecule has 8 nitrogen and oxygen atoms in total. The highest BCUT2D eigenvalue weighted by Crippen LogP contribution is 2.35. The lowest BCUT2D eigenvalue weighted by Crippen LogP contribution is -2.43. The van der Waals surface area contributed by atoms with Gasteiger partial charge in [-0.15, -0.1) is 18.3 Å². The summed E-state index contributed by atoms with van der Waals surface area (Å²) in [6, 6.07) is 17.2. The second kappa shape index (κ2) is 14.2. The van der Waals surface area contributed by atoms with Gasteiger partial charge in [0.25, 0.3) is 0 Å². The molecule has 1 N–H and O–H groups in total. The molecule has 2 amide bonds. The zero-order chi connectivity index (χ0) is 33.9. The van der Waals surface area contributed by atoms with E-state index in [1.807, 2.05) is 56.9 Å². The van der Waals surface area contributed by atoms with Crippen molar-refractivity contribution in [3.8, 4) is 22.8 Å². The van der Waals surface area contributed by atoms with Crippen LogP contribution in [-0.2, 0) is 0 Å². The Kier molecular flexibility index (Phi) is 10.2. The molecule has 4 aromatic rings. The van der Waals surface area contributed by atoms with Gasteiger partial charge in [0.1, 0.15) is 17.9 Å². The number of benzene rings is 3. The van der Waals surface area contributed by atoms with Crippen LogP contribution < -0.4 is 15.0 Å². The number of carbonyl (C=O) groups excluding carboxylic acids is 1. The number of rotatable bonds is 8. The summed E-state index contributed by atoms with van der Waals surface area (Å²) in [5, 5.41) is 8.07. The van der Waals surface area contributed by atoms with Crippen LogP contribution in [0.2, 0.25) is 0 Å². The molecule has 13 heteroatoms. The quantitative estimate of drug-likeness (QED) is 0.189. The van der Waals surface area contributed by atoms with E-state index in [-0.39, 0.29) is 35.5 Å². The monoisotopic (exact) mass is 668 g/mol. The summed E-state index contributed by atoms with van der Waals surface area (Å²) in [4.78, 5) is 24.0. The Hall–Kier alpha value is -4.39. The van der Waals surface area contributed by atoms with Crippen molar-refractivity contribution in [2.24, 2.45) is 4.99 Å². The molecule has 1 aromatic heterocycles. The molecule has 3 atom stereocenters. The first-order chi connectivity index (χ1) is 22.3. The van der Waals surface area contributed by atoms with Crippen LogP contribution in [0.15, 0.2) is 78.0 Å². The number of anilines is 1. The Bertz CT molecular complexity index is 1720. The van der Waals surface area contributed by atoms with Gasteiger partial charge < -0.3 is 15.0 Å². The van der Waals surface area contributed by atoms with Crippen LogP contribution in [0.1, 0.15) is 64.0 Å². The van der Waals surface area contributed by atoms with E-state index in [0.29, 0.717) is 16.7 Å². The molecule has 0 aliphatic carbocycles. The van der Waals surface area contributed by atoms with Gasteiger partial charge in [-0.25, -0.2) is 18.9 Å². The first kappa shape index (κ1) is 34.0. The van der Waals surface area contributed by atoms with Crippen LogP contribution in [0.5, 0.6) is 5.75 Å². The van der Waals surface area contributed by atoms with Gasteiger partial charge >= 0.3 is 12.4 Å². The lowest BCUT2D eigenvalue weighted by molar-refractivity contribution is -0.274.